The van der Waals surface area contributed by atoms with Crippen molar-refractivity contribution in [2.75, 3.05) is 33.4 Å². The molecule has 1 saturated heterocycles. The lowest BCUT2D eigenvalue weighted by Gasteiger charge is -2.11. The minimum Gasteiger partial charge on any atom is -0.384 e. The first-order chi connectivity index (χ1) is 4.86. The van der Waals surface area contributed by atoms with Crippen LogP contribution in [0, 0.1) is 5.92 Å². The molecule has 1 heterocycles. The molecule has 1 rings (SSSR count). The number of rotatable bonds is 3. The minimum atomic E-state index is 0.796. The van der Waals surface area contributed by atoms with Crippen molar-refractivity contribution in [3.05, 3.63) is 0 Å². The van der Waals surface area contributed by atoms with E-state index in [0.29, 0.717) is 0 Å². The van der Waals surface area contributed by atoms with Crippen LogP contribution < -0.4 is 0 Å². The van der Waals surface area contributed by atoms with Gasteiger partial charge in [0.2, 0.25) is 0 Å². The lowest BCUT2D eigenvalue weighted by molar-refractivity contribution is 0.154. The highest BCUT2D eigenvalue weighted by Crippen LogP contribution is 2.15. The Kier molecular flexibility index (Phi) is 3.16. The van der Waals surface area contributed by atoms with Gasteiger partial charge in [-0.25, -0.2) is 0 Å². The van der Waals surface area contributed by atoms with Crippen molar-refractivity contribution in [2.45, 2.75) is 13.3 Å². The summed E-state index contributed by atoms with van der Waals surface area (Å²) in [5.74, 6) is 0.796. The largest absolute Gasteiger partial charge is 0.384 e. The smallest absolute Gasteiger partial charge is 0.0503 e. The molecule has 0 bridgehead atoms. The summed E-state index contributed by atoms with van der Waals surface area (Å²) in [7, 11) is 1.79. The molecule has 0 radical (unpaired) electrons. The Morgan fingerprint density at radius 3 is 2.90 bits per heavy atom. The Morgan fingerprint density at radius 2 is 2.40 bits per heavy atom. The highest BCUT2D eigenvalue weighted by Gasteiger charge is 2.20. The summed E-state index contributed by atoms with van der Waals surface area (Å²) in [6.07, 6.45) is 1.32. The Balaban J connectivity index is 2.15. The summed E-state index contributed by atoms with van der Waals surface area (Å²) < 4.78 is 5.09. The van der Waals surface area contributed by atoms with Crippen molar-refractivity contribution >= 4 is 0 Å². The van der Waals surface area contributed by atoms with E-state index in [2.05, 4.69) is 11.8 Å². The molecule has 0 aromatic carbocycles. The number of ether oxygens (including phenoxy) is 1. The van der Waals surface area contributed by atoms with Gasteiger partial charge in [0.1, 0.15) is 0 Å². The second-order valence-corrected chi connectivity index (χ2v) is 3.00. The topological polar surface area (TPSA) is 12.5 Å². The first-order valence-electron chi connectivity index (χ1n) is 4.08. The second kappa shape index (κ2) is 3.94. The van der Waals surface area contributed by atoms with Crippen LogP contribution in [-0.2, 0) is 4.74 Å². The SMILES string of the molecule is CCN1CC[C@@H](COC)C1. The maximum absolute atomic E-state index is 5.09. The molecule has 0 saturated carbocycles. The van der Waals surface area contributed by atoms with E-state index in [1.807, 2.05) is 0 Å². The fourth-order valence-electron chi connectivity index (χ4n) is 1.57. The molecule has 1 aliphatic rings. The molecule has 2 nitrogen and oxygen atoms in total. The summed E-state index contributed by atoms with van der Waals surface area (Å²) in [5.41, 5.74) is 0. The van der Waals surface area contributed by atoms with Crippen molar-refractivity contribution in [2.24, 2.45) is 5.92 Å². The number of nitrogens with zero attached hydrogens (tertiary/aromatic N) is 1. The van der Waals surface area contributed by atoms with Crippen molar-refractivity contribution in [3.63, 3.8) is 0 Å². The van der Waals surface area contributed by atoms with Crippen LogP contribution in [-0.4, -0.2) is 38.3 Å². The van der Waals surface area contributed by atoms with Crippen molar-refractivity contribution < 1.29 is 4.74 Å². The highest BCUT2D eigenvalue weighted by molar-refractivity contribution is 4.73. The predicted octanol–water partition coefficient (Wildman–Crippen LogP) is 0.975. The van der Waals surface area contributed by atoms with Crippen LogP contribution in [0.5, 0.6) is 0 Å². The average molecular weight is 143 g/mol. The first kappa shape index (κ1) is 8.02. The zero-order chi connectivity index (χ0) is 7.40. The van der Waals surface area contributed by atoms with E-state index in [-0.39, 0.29) is 0 Å². The van der Waals surface area contributed by atoms with Crippen LogP contribution in [0.2, 0.25) is 0 Å². The Morgan fingerprint density at radius 1 is 1.60 bits per heavy atom. The summed E-state index contributed by atoms with van der Waals surface area (Å²) in [6.45, 7) is 6.86. The lowest BCUT2D eigenvalue weighted by Crippen LogP contribution is -2.20. The van der Waals surface area contributed by atoms with E-state index >= 15 is 0 Å². The van der Waals surface area contributed by atoms with Gasteiger partial charge in [-0.1, -0.05) is 6.92 Å². The molecule has 0 aliphatic carbocycles. The molecule has 2 heteroatoms. The highest BCUT2D eigenvalue weighted by atomic mass is 16.5. The van der Waals surface area contributed by atoms with Gasteiger partial charge >= 0.3 is 0 Å². The number of hydrogen-bond acceptors (Lipinski definition) is 2. The van der Waals surface area contributed by atoms with E-state index in [9.17, 15) is 0 Å². The van der Waals surface area contributed by atoms with Crippen LogP contribution >= 0.6 is 0 Å². The zero-order valence-corrected chi connectivity index (χ0v) is 6.97. The minimum absolute atomic E-state index is 0.796. The monoisotopic (exact) mass is 143 g/mol. The molecule has 0 unspecified atom stereocenters. The van der Waals surface area contributed by atoms with E-state index in [1.54, 1.807) is 7.11 Å². The van der Waals surface area contributed by atoms with E-state index in [4.69, 9.17) is 4.74 Å². The Bertz CT molecular complexity index is 95.3. The predicted molar refractivity (Wildman–Crippen MR) is 42.1 cm³/mol. The first-order valence-corrected chi connectivity index (χ1v) is 4.08. The maximum atomic E-state index is 5.09. The fourth-order valence-corrected chi connectivity index (χ4v) is 1.57. The summed E-state index contributed by atoms with van der Waals surface area (Å²) in [5, 5.41) is 0. The van der Waals surface area contributed by atoms with E-state index < -0.39 is 0 Å². The van der Waals surface area contributed by atoms with Gasteiger partial charge in [0, 0.05) is 13.7 Å². The number of likely N-dealkylation sites (tertiary alicyclic amines) is 1. The third-order valence-electron chi connectivity index (χ3n) is 2.22. The number of methoxy groups -OCH3 is 1. The van der Waals surface area contributed by atoms with Gasteiger partial charge < -0.3 is 9.64 Å². The molecule has 1 fully saturated rings. The molecule has 60 valence electrons. The van der Waals surface area contributed by atoms with E-state index in [1.165, 1.54) is 26.1 Å². The van der Waals surface area contributed by atoms with Gasteiger partial charge in [-0.15, -0.1) is 0 Å². The molecule has 0 spiro atoms. The molecule has 1 atom stereocenters. The van der Waals surface area contributed by atoms with Gasteiger partial charge in [0.15, 0.2) is 0 Å². The van der Waals surface area contributed by atoms with Crippen LogP contribution in [0.25, 0.3) is 0 Å². The van der Waals surface area contributed by atoms with E-state index in [0.717, 1.165) is 12.5 Å². The van der Waals surface area contributed by atoms with Crippen LogP contribution in [0.15, 0.2) is 0 Å². The van der Waals surface area contributed by atoms with Crippen LogP contribution in [0.1, 0.15) is 13.3 Å². The van der Waals surface area contributed by atoms with Gasteiger partial charge in [-0.3, -0.25) is 0 Å². The molecule has 0 aromatic rings. The Hall–Kier alpha value is -0.0800. The molecule has 0 aromatic heterocycles. The second-order valence-electron chi connectivity index (χ2n) is 3.00. The van der Waals surface area contributed by atoms with Gasteiger partial charge in [-0.2, -0.15) is 0 Å². The lowest BCUT2D eigenvalue weighted by atomic mass is 10.1. The number of hydrogen-bond donors (Lipinski definition) is 0. The summed E-state index contributed by atoms with van der Waals surface area (Å²) in [4.78, 5) is 2.48. The van der Waals surface area contributed by atoms with Crippen LogP contribution in [0.4, 0.5) is 0 Å². The molecular formula is C8H17NO. The third-order valence-corrected chi connectivity index (χ3v) is 2.22. The van der Waals surface area contributed by atoms with Gasteiger partial charge in [-0.05, 0) is 25.4 Å². The quantitative estimate of drug-likeness (QED) is 0.584. The summed E-state index contributed by atoms with van der Waals surface area (Å²) >= 11 is 0. The zero-order valence-electron chi connectivity index (χ0n) is 6.97. The molecule has 10 heavy (non-hydrogen) atoms. The van der Waals surface area contributed by atoms with Gasteiger partial charge in [0.25, 0.3) is 0 Å². The molecule has 1 aliphatic heterocycles. The summed E-state index contributed by atoms with van der Waals surface area (Å²) in [6, 6.07) is 0. The van der Waals surface area contributed by atoms with Crippen molar-refractivity contribution in [1.29, 1.82) is 0 Å². The maximum Gasteiger partial charge on any atom is 0.0503 e. The molecule has 0 amide bonds. The normalized spacial score (nSPS) is 27.6. The third kappa shape index (κ3) is 1.96. The molecular weight excluding hydrogens is 126 g/mol. The van der Waals surface area contributed by atoms with Gasteiger partial charge in [0.05, 0.1) is 6.61 Å². The molecule has 0 N–H and O–H groups in total. The van der Waals surface area contributed by atoms with Crippen LogP contribution in [0.3, 0.4) is 0 Å². The fraction of sp³-hybridized carbons (Fsp3) is 1.00. The average Bonchev–Trinajstić information content (AvgIpc) is 2.37. The van der Waals surface area contributed by atoms with Crippen molar-refractivity contribution in [1.82, 2.24) is 4.90 Å². The Labute approximate surface area is 63.2 Å². The van der Waals surface area contributed by atoms with Crippen molar-refractivity contribution in [3.8, 4) is 0 Å². The standard InChI is InChI=1S/C8H17NO/c1-3-9-5-4-8(6-9)7-10-2/h8H,3-7H2,1-2H3/t8-/m1/s1.